The first-order valence-electron chi connectivity index (χ1n) is 7.13. The highest BCUT2D eigenvalue weighted by Gasteiger charge is 2.27. The van der Waals surface area contributed by atoms with E-state index in [1.54, 1.807) is 30.5 Å². The number of nitrogens with one attached hydrogen (secondary N) is 2. The number of nitrogens with zero attached hydrogens (tertiary/aromatic N) is 2. The number of aromatic nitrogens is 2. The van der Waals surface area contributed by atoms with Gasteiger partial charge < -0.3 is 9.47 Å². The van der Waals surface area contributed by atoms with E-state index in [4.69, 9.17) is 21.1 Å². The van der Waals surface area contributed by atoms with Gasteiger partial charge in [-0.2, -0.15) is 0 Å². The number of rotatable bonds is 3. The molecule has 130 valence electrons. The minimum atomic E-state index is -0.891. The smallest absolute Gasteiger partial charge is 0.289 e. The Bertz CT molecular complexity index is 820. The molecule has 1 aliphatic rings. The number of hydrogen-bond acceptors (Lipinski definition) is 7. The quantitative estimate of drug-likeness (QED) is 0.472. The summed E-state index contributed by atoms with van der Waals surface area (Å²) >= 11 is 7.18. The average molecular weight is 381 g/mol. The zero-order chi connectivity index (χ0) is 17.8. The van der Waals surface area contributed by atoms with Gasteiger partial charge in [-0.05, 0) is 18.4 Å². The van der Waals surface area contributed by atoms with Crippen LogP contribution < -0.4 is 20.3 Å². The van der Waals surface area contributed by atoms with E-state index < -0.39 is 17.9 Å². The van der Waals surface area contributed by atoms with E-state index in [9.17, 15) is 9.59 Å². The summed E-state index contributed by atoms with van der Waals surface area (Å²) in [6.07, 6.45) is 2.20. The molecule has 1 unspecified atom stereocenters. The number of thioether (sulfide) groups is 1. The first-order valence-corrected chi connectivity index (χ1v) is 8.74. The van der Waals surface area contributed by atoms with Crippen LogP contribution in [0.5, 0.6) is 11.5 Å². The van der Waals surface area contributed by atoms with Crippen LogP contribution in [0.4, 0.5) is 0 Å². The minimum Gasteiger partial charge on any atom is -0.485 e. The lowest BCUT2D eigenvalue weighted by atomic mass is 10.2. The van der Waals surface area contributed by atoms with Gasteiger partial charge in [-0.3, -0.25) is 20.4 Å². The molecule has 25 heavy (non-hydrogen) atoms. The number of hydrogen-bond donors (Lipinski definition) is 2. The lowest BCUT2D eigenvalue weighted by Crippen LogP contribution is -2.51. The summed E-state index contributed by atoms with van der Waals surface area (Å²) in [6, 6.07) is 7.01. The normalized spacial score (nSPS) is 15.4. The second-order valence-electron chi connectivity index (χ2n) is 4.86. The molecule has 0 spiro atoms. The van der Waals surface area contributed by atoms with E-state index >= 15 is 0 Å². The number of benzene rings is 1. The van der Waals surface area contributed by atoms with Crippen molar-refractivity contribution in [1.82, 2.24) is 20.8 Å². The van der Waals surface area contributed by atoms with E-state index in [1.165, 1.54) is 18.0 Å². The van der Waals surface area contributed by atoms with Crippen molar-refractivity contribution < 1.29 is 19.1 Å². The van der Waals surface area contributed by atoms with Crippen LogP contribution in [0.3, 0.4) is 0 Å². The Morgan fingerprint density at radius 2 is 2.04 bits per heavy atom. The van der Waals surface area contributed by atoms with E-state index in [1.807, 2.05) is 0 Å². The summed E-state index contributed by atoms with van der Waals surface area (Å²) < 4.78 is 11.0. The van der Waals surface area contributed by atoms with E-state index in [2.05, 4.69) is 20.8 Å². The van der Waals surface area contributed by atoms with Crippen LogP contribution in [0.1, 0.15) is 10.5 Å². The van der Waals surface area contributed by atoms with Crippen molar-refractivity contribution in [2.45, 2.75) is 11.3 Å². The molecule has 0 radical (unpaired) electrons. The van der Waals surface area contributed by atoms with Crippen molar-refractivity contribution in [2.24, 2.45) is 0 Å². The zero-order valence-corrected chi connectivity index (χ0v) is 14.6. The lowest BCUT2D eigenvalue weighted by molar-refractivity contribution is -0.131. The number of para-hydroxylation sites is 2. The fourth-order valence-corrected chi connectivity index (χ4v) is 2.53. The van der Waals surface area contributed by atoms with Gasteiger partial charge >= 0.3 is 0 Å². The van der Waals surface area contributed by atoms with Crippen molar-refractivity contribution >= 4 is 35.2 Å². The molecule has 8 nitrogen and oxygen atoms in total. The number of carbonyl (C=O) groups is 2. The lowest BCUT2D eigenvalue weighted by Gasteiger charge is -2.25. The highest BCUT2D eigenvalue weighted by Crippen LogP contribution is 2.30. The molecular formula is C15H13ClN4O4S. The molecule has 0 fully saturated rings. The second kappa shape index (κ2) is 7.58. The van der Waals surface area contributed by atoms with Crippen molar-refractivity contribution in [2.75, 3.05) is 12.9 Å². The summed E-state index contributed by atoms with van der Waals surface area (Å²) in [5.74, 6) is -0.192. The van der Waals surface area contributed by atoms with Crippen molar-refractivity contribution in [3.63, 3.8) is 0 Å². The Labute approximate surface area is 152 Å². The Balaban J connectivity index is 1.60. The summed E-state index contributed by atoms with van der Waals surface area (Å²) in [6.45, 7) is 0.0314. The zero-order valence-electron chi connectivity index (χ0n) is 13.0. The molecule has 1 atom stereocenters. The second-order valence-corrected chi connectivity index (χ2v) is 6.04. The molecular weight excluding hydrogens is 368 g/mol. The van der Waals surface area contributed by atoms with E-state index in [0.29, 0.717) is 16.7 Å². The Kier molecular flexibility index (Phi) is 5.25. The number of ether oxygens (including phenoxy) is 2. The fourth-order valence-electron chi connectivity index (χ4n) is 2.02. The van der Waals surface area contributed by atoms with Crippen molar-refractivity contribution in [1.29, 1.82) is 0 Å². The Morgan fingerprint density at radius 3 is 2.80 bits per heavy atom. The maximum absolute atomic E-state index is 12.2. The molecule has 0 bridgehead atoms. The maximum atomic E-state index is 12.2. The highest BCUT2D eigenvalue weighted by molar-refractivity contribution is 7.98. The van der Waals surface area contributed by atoms with E-state index in [0.717, 1.165) is 0 Å². The third-order valence-corrected chi connectivity index (χ3v) is 4.06. The molecule has 1 aromatic heterocycles. The van der Waals surface area contributed by atoms with Crippen LogP contribution >= 0.6 is 23.4 Å². The monoisotopic (exact) mass is 380 g/mol. The predicted molar refractivity (Wildman–Crippen MR) is 90.8 cm³/mol. The minimum absolute atomic E-state index is 0.0314. The third kappa shape index (κ3) is 3.94. The molecule has 0 aliphatic carbocycles. The van der Waals surface area contributed by atoms with E-state index in [-0.39, 0.29) is 17.3 Å². The van der Waals surface area contributed by atoms with Gasteiger partial charge in [0, 0.05) is 0 Å². The average Bonchev–Trinajstić information content (AvgIpc) is 2.65. The van der Waals surface area contributed by atoms with Gasteiger partial charge in [0.2, 0.25) is 6.10 Å². The maximum Gasteiger partial charge on any atom is 0.289 e. The standard InChI is InChI=1S/C15H13ClN4O4S/c1-25-15-17-6-8(16)12(18-15)14(22)20-19-13(21)11-7-23-9-4-2-3-5-10(9)24-11/h2-6,11H,7H2,1H3,(H,19,21)(H,20,22). The van der Waals surface area contributed by atoms with Gasteiger partial charge in [-0.25, -0.2) is 9.97 Å². The molecule has 1 aliphatic heterocycles. The van der Waals surface area contributed by atoms with Crippen LogP contribution in [-0.4, -0.2) is 40.7 Å². The van der Waals surface area contributed by atoms with Crippen LogP contribution in [-0.2, 0) is 4.79 Å². The van der Waals surface area contributed by atoms with Gasteiger partial charge in [-0.1, -0.05) is 35.5 Å². The van der Waals surface area contributed by atoms with Crippen molar-refractivity contribution in [3.8, 4) is 11.5 Å². The molecule has 0 saturated carbocycles. The topological polar surface area (TPSA) is 102 Å². The summed E-state index contributed by atoms with van der Waals surface area (Å²) in [5.41, 5.74) is 4.50. The number of halogens is 1. The van der Waals surface area contributed by atoms with Gasteiger partial charge in [0.25, 0.3) is 11.8 Å². The van der Waals surface area contributed by atoms with Crippen LogP contribution in [0.25, 0.3) is 0 Å². The molecule has 1 aromatic carbocycles. The first-order chi connectivity index (χ1) is 12.1. The number of hydrazine groups is 1. The van der Waals surface area contributed by atoms with Crippen LogP contribution in [0, 0.1) is 0 Å². The van der Waals surface area contributed by atoms with Crippen LogP contribution in [0.2, 0.25) is 5.02 Å². The first kappa shape index (κ1) is 17.3. The predicted octanol–water partition coefficient (Wildman–Crippen LogP) is 1.45. The Morgan fingerprint density at radius 1 is 1.28 bits per heavy atom. The number of amides is 2. The Hall–Kier alpha value is -2.52. The molecule has 2 amide bonds. The van der Waals surface area contributed by atoms with Crippen molar-refractivity contribution in [3.05, 3.63) is 41.2 Å². The van der Waals surface area contributed by atoms with Gasteiger partial charge in [0.1, 0.15) is 6.61 Å². The van der Waals surface area contributed by atoms with Gasteiger partial charge in [0.05, 0.1) is 11.2 Å². The fraction of sp³-hybridized carbons (Fsp3) is 0.200. The number of carbonyl (C=O) groups excluding carboxylic acids is 2. The largest absolute Gasteiger partial charge is 0.485 e. The molecule has 2 heterocycles. The SMILES string of the molecule is CSc1ncc(Cl)c(C(=O)NNC(=O)C2COc3ccccc3O2)n1. The molecule has 2 N–H and O–H groups in total. The van der Waals surface area contributed by atoms with Gasteiger partial charge in [-0.15, -0.1) is 0 Å². The number of fused-ring (bicyclic) bond motifs is 1. The highest BCUT2D eigenvalue weighted by atomic mass is 35.5. The summed E-state index contributed by atoms with van der Waals surface area (Å²) in [7, 11) is 0. The molecule has 10 heteroatoms. The third-order valence-electron chi connectivity index (χ3n) is 3.22. The van der Waals surface area contributed by atoms with Crippen LogP contribution in [0.15, 0.2) is 35.6 Å². The summed E-state index contributed by atoms with van der Waals surface area (Å²) in [5, 5.41) is 0.470. The molecule has 2 aromatic rings. The van der Waals surface area contributed by atoms with Gasteiger partial charge in [0.15, 0.2) is 22.3 Å². The summed E-state index contributed by atoms with van der Waals surface area (Å²) in [4.78, 5) is 32.2. The molecule has 3 rings (SSSR count). The molecule has 0 saturated heterocycles.